The van der Waals surface area contributed by atoms with Crippen LogP contribution in [0.2, 0.25) is 5.02 Å². The van der Waals surface area contributed by atoms with Crippen LogP contribution < -0.4 is 10.0 Å². The molecule has 2 aromatic carbocycles. The Morgan fingerprint density at radius 1 is 1.04 bits per heavy atom. The molecule has 28 heavy (non-hydrogen) atoms. The first-order valence-electron chi connectivity index (χ1n) is 8.41. The number of hydrogen-bond donors (Lipinski definition) is 2. The normalized spacial score (nSPS) is 11.1. The first-order chi connectivity index (χ1) is 13.2. The van der Waals surface area contributed by atoms with Crippen LogP contribution in [0.15, 0.2) is 47.4 Å². The highest BCUT2D eigenvalue weighted by Crippen LogP contribution is 2.14. The van der Waals surface area contributed by atoms with Crippen LogP contribution in [-0.2, 0) is 30.9 Å². The van der Waals surface area contributed by atoms with Crippen molar-refractivity contribution in [3.8, 4) is 0 Å². The number of amides is 1. The van der Waals surface area contributed by atoms with Gasteiger partial charge in [0.05, 0.1) is 4.90 Å². The molecule has 0 fully saturated rings. The fourth-order valence-corrected chi connectivity index (χ4v) is 3.35. The number of hydrogen-bond acceptors (Lipinski definition) is 5. The lowest BCUT2D eigenvalue weighted by Crippen LogP contribution is -2.33. The molecule has 0 aliphatic carbocycles. The second-order valence-corrected chi connectivity index (χ2v) is 8.34. The number of carbonyl (C=O) groups excluding carboxylic acids is 2. The summed E-state index contributed by atoms with van der Waals surface area (Å²) in [6.07, 6.45) is 0. The van der Waals surface area contributed by atoms with Crippen molar-refractivity contribution in [2.45, 2.75) is 25.3 Å². The Labute approximate surface area is 169 Å². The van der Waals surface area contributed by atoms with E-state index < -0.39 is 35.1 Å². The molecular weight excluding hydrogens is 404 g/mol. The molecule has 0 aliphatic rings. The van der Waals surface area contributed by atoms with E-state index >= 15 is 0 Å². The van der Waals surface area contributed by atoms with Gasteiger partial charge in [0.2, 0.25) is 10.0 Å². The second kappa shape index (κ2) is 9.68. The van der Waals surface area contributed by atoms with Crippen molar-refractivity contribution in [2.75, 3.05) is 13.2 Å². The molecule has 2 aromatic rings. The maximum atomic E-state index is 12.2. The molecule has 0 saturated carbocycles. The third-order valence-corrected chi connectivity index (χ3v) is 5.61. The predicted molar refractivity (Wildman–Crippen MR) is 105 cm³/mol. The van der Waals surface area contributed by atoms with Crippen LogP contribution in [0.4, 0.5) is 0 Å². The van der Waals surface area contributed by atoms with Crippen LogP contribution in [0, 0.1) is 13.8 Å². The van der Waals surface area contributed by atoms with Crippen molar-refractivity contribution in [3.63, 3.8) is 0 Å². The van der Waals surface area contributed by atoms with Gasteiger partial charge in [-0.1, -0.05) is 29.8 Å². The van der Waals surface area contributed by atoms with E-state index in [4.69, 9.17) is 16.3 Å². The lowest BCUT2D eigenvalue weighted by atomic mass is 10.1. The SMILES string of the molecule is Cc1ccc(S(=O)(=O)NCC(=O)OCC(=O)NCc2ccc(Cl)cc2)cc1C. The zero-order valence-corrected chi connectivity index (χ0v) is 17.1. The molecule has 1 amide bonds. The van der Waals surface area contributed by atoms with Gasteiger partial charge in [-0.05, 0) is 54.8 Å². The fraction of sp³-hybridized carbons (Fsp3) is 0.263. The second-order valence-electron chi connectivity index (χ2n) is 6.13. The average molecular weight is 425 g/mol. The molecule has 7 nitrogen and oxygen atoms in total. The Bertz CT molecular complexity index is 959. The zero-order valence-electron chi connectivity index (χ0n) is 15.5. The number of halogens is 1. The van der Waals surface area contributed by atoms with Crippen LogP contribution in [-0.4, -0.2) is 33.4 Å². The molecule has 2 N–H and O–H groups in total. The summed E-state index contributed by atoms with van der Waals surface area (Å²) in [5.74, 6) is -1.35. The van der Waals surface area contributed by atoms with Crippen molar-refractivity contribution < 1.29 is 22.7 Å². The lowest BCUT2D eigenvalue weighted by molar-refractivity contribution is -0.147. The van der Waals surface area contributed by atoms with E-state index in [1.54, 1.807) is 37.3 Å². The summed E-state index contributed by atoms with van der Waals surface area (Å²) in [4.78, 5) is 23.5. The summed E-state index contributed by atoms with van der Waals surface area (Å²) in [7, 11) is -3.85. The third kappa shape index (κ3) is 6.63. The first kappa shape index (κ1) is 21.9. The lowest BCUT2D eigenvalue weighted by Gasteiger charge is -2.09. The minimum absolute atomic E-state index is 0.0594. The predicted octanol–water partition coefficient (Wildman–Crippen LogP) is 2.09. The summed E-state index contributed by atoms with van der Waals surface area (Å²) in [5, 5.41) is 3.18. The van der Waals surface area contributed by atoms with Crippen LogP contribution >= 0.6 is 11.6 Å². The Hall–Kier alpha value is -2.42. The topological polar surface area (TPSA) is 102 Å². The van der Waals surface area contributed by atoms with Crippen LogP contribution in [0.5, 0.6) is 0 Å². The number of benzene rings is 2. The highest BCUT2D eigenvalue weighted by molar-refractivity contribution is 7.89. The number of ether oxygens (including phenoxy) is 1. The number of nitrogens with one attached hydrogen (secondary N) is 2. The minimum Gasteiger partial charge on any atom is -0.455 e. The molecular formula is C19H21ClN2O5S. The fourth-order valence-electron chi connectivity index (χ4n) is 2.17. The summed E-state index contributed by atoms with van der Waals surface area (Å²) in [6, 6.07) is 11.6. The highest BCUT2D eigenvalue weighted by Gasteiger charge is 2.17. The molecule has 0 aromatic heterocycles. The smallest absolute Gasteiger partial charge is 0.321 e. The van der Waals surface area contributed by atoms with Gasteiger partial charge >= 0.3 is 5.97 Å². The summed E-state index contributed by atoms with van der Waals surface area (Å²) in [5.41, 5.74) is 2.62. The zero-order chi connectivity index (χ0) is 20.7. The largest absolute Gasteiger partial charge is 0.455 e. The molecule has 0 heterocycles. The first-order valence-corrected chi connectivity index (χ1v) is 10.3. The van der Waals surface area contributed by atoms with E-state index in [1.165, 1.54) is 12.1 Å². The number of rotatable bonds is 8. The number of aryl methyl sites for hydroxylation is 2. The Morgan fingerprint density at radius 2 is 1.71 bits per heavy atom. The minimum atomic E-state index is -3.85. The molecule has 0 unspecified atom stereocenters. The quantitative estimate of drug-likeness (QED) is 0.632. The molecule has 0 saturated heterocycles. The van der Waals surface area contributed by atoms with E-state index in [2.05, 4.69) is 10.0 Å². The number of carbonyl (C=O) groups is 2. The van der Waals surface area contributed by atoms with Gasteiger partial charge in [0.25, 0.3) is 5.91 Å². The van der Waals surface area contributed by atoms with Crippen molar-refractivity contribution in [1.82, 2.24) is 10.0 Å². The Balaban J connectivity index is 1.76. The molecule has 150 valence electrons. The van der Waals surface area contributed by atoms with Gasteiger partial charge in [-0.2, -0.15) is 4.72 Å². The number of esters is 1. The van der Waals surface area contributed by atoms with Crippen LogP contribution in [0.3, 0.4) is 0 Å². The van der Waals surface area contributed by atoms with Gasteiger partial charge in [0.1, 0.15) is 6.54 Å². The van der Waals surface area contributed by atoms with Gasteiger partial charge in [0, 0.05) is 11.6 Å². The van der Waals surface area contributed by atoms with Gasteiger partial charge in [0.15, 0.2) is 6.61 Å². The summed E-state index contributed by atoms with van der Waals surface area (Å²) >= 11 is 5.78. The van der Waals surface area contributed by atoms with E-state index in [1.807, 2.05) is 6.92 Å². The Morgan fingerprint density at radius 3 is 2.36 bits per heavy atom. The summed E-state index contributed by atoms with van der Waals surface area (Å²) in [6.45, 7) is 2.85. The molecule has 0 radical (unpaired) electrons. The standard InChI is InChI=1S/C19H21ClN2O5S/c1-13-3-8-17(9-14(13)2)28(25,26)22-11-19(24)27-12-18(23)21-10-15-4-6-16(20)7-5-15/h3-9,22H,10-12H2,1-2H3,(H,21,23). The van der Waals surface area contributed by atoms with Gasteiger partial charge in [-0.15, -0.1) is 0 Å². The van der Waals surface area contributed by atoms with Crippen LogP contribution in [0.25, 0.3) is 0 Å². The average Bonchev–Trinajstić information content (AvgIpc) is 2.66. The maximum Gasteiger partial charge on any atom is 0.321 e. The summed E-state index contributed by atoms with van der Waals surface area (Å²) < 4.78 is 31.4. The van der Waals surface area contributed by atoms with Crippen molar-refractivity contribution in [1.29, 1.82) is 0 Å². The molecule has 0 spiro atoms. The van der Waals surface area contributed by atoms with E-state index in [9.17, 15) is 18.0 Å². The van der Waals surface area contributed by atoms with E-state index in [-0.39, 0.29) is 11.4 Å². The Kier molecular flexibility index (Phi) is 7.56. The monoisotopic (exact) mass is 424 g/mol. The molecule has 9 heteroatoms. The van der Waals surface area contributed by atoms with E-state index in [0.29, 0.717) is 5.02 Å². The molecule has 0 bridgehead atoms. The molecule has 0 aliphatic heterocycles. The van der Waals surface area contributed by atoms with E-state index in [0.717, 1.165) is 16.7 Å². The van der Waals surface area contributed by atoms with Crippen molar-refractivity contribution in [2.24, 2.45) is 0 Å². The molecule has 0 atom stereocenters. The van der Waals surface area contributed by atoms with Crippen molar-refractivity contribution >= 4 is 33.5 Å². The van der Waals surface area contributed by atoms with Gasteiger partial charge < -0.3 is 10.1 Å². The highest BCUT2D eigenvalue weighted by atomic mass is 35.5. The third-order valence-electron chi connectivity index (χ3n) is 3.96. The van der Waals surface area contributed by atoms with Crippen LogP contribution in [0.1, 0.15) is 16.7 Å². The number of sulfonamides is 1. The molecule has 2 rings (SSSR count). The van der Waals surface area contributed by atoms with Crippen molar-refractivity contribution in [3.05, 3.63) is 64.2 Å². The van der Waals surface area contributed by atoms with Gasteiger partial charge in [-0.3, -0.25) is 9.59 Å². The maximum absolute atomic E-state index is 12.2. The van der Waals surface area contributed by atoms with Gasteiger partial charge in [-0.25, -0.2) is 8.42 Å².